The quantitative estimate of drug-likeness (QED) is 0.247. The molecule has 1 aromatic heterocycles. The molecule has 1 saturated heterocycles. The number of ether oxygens (including phenoxy) is 2. The molecule has 1 aromatic rings. The predicted octanol–water partition coefficient (Wildman–Crippen LogP) is 2.59. The van der Waals surface area contributed by atoms with E-state index in [0.717, 1.165) is 63.8 Å². The SMILES string of the molecule is CN=C(NCC(c1ccco1)N(C)C)N1CCC(OCCCOC)CC1.I. The fourth-order valence-corrected chi connectivity index (χ4v) is 3.23. The Hall–Kier alpha value is -0.840. The third-order valence-corrected chi connectivity index (χ3v) is 4.75. The van der Waals surface area contributed by atoms with E-state index in [2.05, 4.69) is 34.2 Å². The van der Waals surface area contributed by atoms with Crippen LogP contribution in [0.1, 0.15) is 31.1 Å². The summed E-state index contributed by atoms with van der Waals surface area (Å²) < 4.78 is 16.6. The summed E-state index contributed by atoms with van der Waals surface area (Å²) in [5.41, 5.74) is 0. The molecule has 1 aliphatic rings. The molecule has 8 heteroatoms. The third-order valence-electron chi connectivity index (χ3n) is 4.75. The summed E-state index contributed by atoms with van der Waals surface area (Å²) in [6.07, 6.45) is 5.08. The number of hydrogen-bond acceptors (Lipinski definition) is 5. The van der Waals surface area contributed by atoms with Crippen molar-refractivity contribution in [2.75, 3.05) is 61.1 Å². The highest BCUT2D eigenvalue weighted by molar-refractivity contribution is 14.0. The Morgan fingerprint density at radius 2 is 2.11 bits per heavy atom. The smallest absolute Gasteiger partial charge is 0.193 e. The minimum absolute atomic E-state index is 0. The van der Waals surface area contributed by atoms with Crippen LogP contribution in [0.2, 0.25) is 0 Å². The summed E-state index contributed by atoms with van der Waals surface area (Å²) in [5, 5.41) is 3.50. The average Bonchev–Trinajstić information content (AvgIpc) is 3.17. The van der Waals surface area contributed by atoms with Gasteiger partial charge in [-0.3, -0.25) is 9.89 Å². The molecule has 1 N–H and O–H groups in total. The van der Waals surface area contributed by atoms with E-state index < -0.39 is 0 Å². The lowest BCUT2D eigenvalue weighted by molar-refractivity contribution is 0.00986. The van der Waals surface area contributed by atoms with Crippen molar-refractivity contribution in [3.05, 3.63) is 24.2 Å². The molecule has 2 heterocycles. The highest BCUT2D eigenvalue weighted by Crippen LogP contribution is 2.18. The number of methoxy groups -OCH3 is 1. The van der Waals surface area contributed by atoms with Gasteiger partial charge in [0.25, 0.3) is 0 Å². The minimum Gasteiger partial charge on any atom is -0.468 e. The zero-order valence-electron chi connectivity index (χ0n) is 17.0. The summed E-state index contributed by atoms with van der Waals surface area (Å²) >= 11 is 0. The second-order valence-electron chi connectivity index (χ2n) is 6.83. The molecule has 0 aliphatic carbocycles. The molecular weight excluding hydrogens is 459 g/mol. The molecule has 0 bridgehead atoms. The van der Waals surface area contributed by atoms with Crippen LogP contribution in [0.5, 0.6) is 0 Å². The maximum Gasteiger partial charge on any atom is 0.193 e. The van der Waals surface area contributed by atoms with Gasteiger partial charge in [-0.1, -0.05) is 0 Å². The van der Waals surface area contributed by atoms with Gasteiger partial charge in [0.05, 0.1) is 18.4 Å². The van der Waals surface area contributed by atoms with Crippen LogP contribution in [0.4, 0.5) is 0 Å². The van der Waals surface area contributed by atoms with Crippen LogP contribution >= 0.6 is 24.0 Å². The van der Waals surface area contributed by atoms with Crippen LogP contribution in [0.3, 0.4) is 0 Å². The van der Waals surface area contributed by atoms with E-state index in [1.165, 1.54) is 0 Å². The number of likely N-dealkylation sites (N-methyl/N-ethyl adjacent to an activating group) is 1. The summed E-state index contributed by atoms with van der Waals surface area (Å²) in [4.78, 5) is 8.92. The molecular formula is C19H35IN4O3. The first-order valence-electron chi connectivity index (χ1n) is 9.41. The number of guanidine groups is 1. The van der Waals surface area contributed by atoms with Gasteiger partial charge in [0.15, 0.2) is 5.96 Å². The maximum atomic E-state index is 5.94. The molecule has 156 valence electrons. The fraction of sp³-hybridized carbons (Fsp3) is 0.737. The lowest BCUT2D eigenvalue weighted by atomic mass is 10.1. The molecule has 0 spiro atoms. The lowest BCUT2D eigenvalue weighted by Gasteiger charge is -2.35. The Kier molecular flexibility index (Phi) is 12.0. The van der Waals surface area contributed by atoms with E-state index in [1.807, 2.05) is 19.2 Å². The first-order valence-corrected chi connectivity index (χ1v) is 9.41. The monoisotopic (exact) mass is 494 g/mol. The molecule has 0 radical (unpaired) electrons. The van der Waals surface area contributed by atoms with E-state index in [-0.39, 0.29) is 30.0 Å². The maximum absolute atomic E-state index is 5.94. The molecule has 1 fully saturated rings. The Morgan fingerprint density at radius 3 is 2.67 bits per heavy atom. The van der Waals surface area contributed by atoms with Crippen LogP contribution in [0.25, 0.3) is 0 Å². The molecule has 0 amide bonds. The van der Waals surface area contributed by atoms with Crippen LogP contribution in [0, 0.1) is 0 Å². The van der Waals surface area contributed by atoms with Gasteiger partial charge >= 0.3 is 0 Å². The van der Waals surface area contributed by atoms with Crippen molar-refractivity contribution < 1.29 is 13.9 Å². The van der Waals surface area contributed by atoms with E-state index in [0.29, 0.717) is 6.10 Å². The number of hydrogen-bond donors (Lipinski definition) is 1. The Bertz CT molecular complexity index is 517. The molecule has 0 aromatic carbocycles. The minimum atomic E-state index is 0. The van der Waals surface area contributed by atoms with Gasteiger partial charge in [0.2, 0.25) is 0 Å². The average molecular weight is 494 g/mol. The topological polar surface area (TPSA) is 62.5 Å². The van der Waals surface area contributed by atoms with E-state index in [9.17, 15) is 0 Å². The Morgan fingerprint density at radius 1 is 1.37 bits per heavy atom. The summed E-state index contributed by atoms with van der Waals surface area (Å²) in [7, 11) is 7.69. The van der Waals surface area contributed by atoms with Crippen molar-refractivity contribution in [1.82, 2.24) is 15.1 Å². The fourth-order valence-electron chi connectivity index (χ4n) is 3.23. The number of halogens is 1. The lowest BCUT2D eigenvalue weighted by Crippen LogP contribution is -2.48. The molecule has 1 aliphatic heterocycles. The number of piperidine rings is 1. The second kappa shape index (κ2) is 13.4. The number of likely N-dealkylation sites (tertiary alicyclic amines) is 1. The number of nitrogens with one attached hydrogen (secondary N) is 1. The molecule has 27 heavy (non-hydrogen) atoms. The van der Waals surface area contributed by atoms with Crippen molar-refractivity contribution in [1.29, 1.82) is 0 Å². The zero-order valence-corrected chi connectivity index (χ0v) is 19.3. The number of furan rings is 1. The summed E-state index contributed by atoms with van der Waals surface area (Å²) in [6, 6.07) is 4.11. The Labute approximate surface area is 180 Å². The van der Waals surface area contributed by atoms with Gasteiger partial charge in [-0.25, -0.2) is 0 Å². The van der Waals surface area contributed by atoms with Crippen LogP contribution in [-0.2, 0) is 9.47 Å². The van der Waals surface area contributed by atoms with E-state index in [1.54, 1.807) is 13.4 Å². The van der Waals surface area contributed by atoms with Gasteiger partial charge in [-0.2, -0.15) is 0 Å². The second-order valence-corrected chi connectivity index (χ2v) is 6.83. The van der Waals surface area contributed by atoms with Crippen LogP contribution < -0.4 is 5.32 Å². The van der Waals surface area contributed by atoms with E-state index in [4.69, 9.17) is 13.9 Å². The molecule has 0 saturated carbocycles. The molecule has 2 rings (SSSR count). The van der Waals surface area contributed by atoms with Gasteiger partial charge in [0, 0.05) is 47.0 Å². The van der Waals surface area contributed by atoms with Crippen molar-refractivity contribution >= 4 is 29.9 Å². The van der Waals surface area contributed by atoms with Gasteiger partial charge in [-0.05, 0) is 45.5 Å². The van der Waals surface area contributed by atoms with E-state index >= 15 is 0 Å². The zero-order chi connectivity index (χ0) is 18.8. The van der Waals surface area contributed by atoms with Gasteiger partial charge < -0.3 is 24.1 Å². The highest BCUT2D eigenvalue weighted by Gasteiger charge is 2.23. The third kappa shape index (κ3) is 7.97. The highest BCUT2D eigenvalue weighted by atomic mass is 127. The van der Waals surface area contributed by atoms with Crippen molar-refractivity contribution in [2.24, 2.45) is 4.99 Å². The van der Waals surface area contributed by atoms with Gasteiger partial charge in [0.1, 0.15) is 5.76 Å². The van der Waals surface area contributed by atoms with Crippen molar-refractivity contribution in [2.45, 2.75) is 31.4 Å². The van der Waals surface area contributed by atoms with Crippen molar-refractivity contribution in [3.63, 3.8) is 0 Å². The first-order chi connectivity index (χ1) is 12.7. The number of rotatable bonds is 9. The number of nitrogens with zero attached hydrogens (tertiary/aromatic N) is 3. The molecule has 7 nitrogen and oxygen atoms in total. The first kappa shape index (κ1) is 24.2. The van der Waals surface area contributed by atoms with Crippen molar-refractivity contribution in [3.8, 4) is 0 Å². The summed E-state index contributed by atoms with van der Waals surface area (Å²) in [6.45, 7) is 4.21. The molecule has 1 atom stereocenters. The number of aliphatic imine (C=N–C) groups is 1. The largest absolute Gasteiger partial charge is 0.468 e. The standard InChI is InChI=1S/C19H34N4O3.HI/c1-20-19(21-15-17(22(2)3)18-7-5-13-26-18)23-10-8-16(9-11-23)25-14-6-12-24-4;/h5,7,13,16-17H,6,8-12,14-15H2,1-4H3,(H,20,21);1H. The van der Waals surface area contributed by atoms with Crippen LogP contribution in [0.15, 0.2) is 27.8 Å². The normalized spacial score (nSPS) is 17.1. The summed E-state index contributed by atoms with van der Waals surface area (Å²) in [5.74, 6) is 1.90. The van der Waals surface area contributed by atoms with Crippen LogP contribution in [-0.4, -0.2) is 83.0 Å². The molecule has 1 unspecified atom stereocenters. The predicted molar refractivity (Wildman–Crippen MR) is 119 cm³/mol. The van der Waals surface area contributed by atoms with Gasteiger partial charge in [-0.15, -0.1) is 24.0 Å². The Balaban J connectivity index is 0.00000364.